The average Bonchev–Trinajstić information content (AvgIpc) is 2.61. The van der Waals surface area contributed by atoms with E-state index in [1.165, 1.54) is 6.92 Å². The van der Waals surface area contributed by atoms with Crippen molar-refractivity contribution in [1.82, 2.24) is 0 Å². The molecule has 25 heavy (non-hydrogen) atoms. The predicted molar refractivity (Wildman–Crippen MR) is 93.0 cm³/mol. The lowest BCUT2D eigenvalue weighted by molar-refractivity contribution is -0.118. The lowest BCUT2D eigenvalue weighted by Gasteiger charge is -2.09. The molecule has 0 unspecified atom stereocenters. The van der Waals surface area contributed by atoms with E-state index in [1.807, 2.05) is 0 Å². The quantitative estimate of drug-likeness (QED) is 0.618. The molecule has 0 saturated heterocycles. The van der Waals surface area contributed by atoms with Gasteiger partial charge in [-0.2, -0.15) is 0 Å². The third-order valence-corrected chi connectivity index (χ3v) is 3.29. The minimum Gasteiger partial charge on any atom is -0.484 e. The van der Waals surface area contributed by atoms with Crippen LogP contribution in [0.5, 0.6) is 5.75 Å². The van der Waals surface area contributed by atoms with Gasteiger partial charge in [-0.25, -0.2) is 4.79 Å². The van der Waals surface area contributed by atoms with Crippen molar-refractivity contribution in [3.63, 3.8) is 0 Å². The summed E-state index contributed by atoms with van der Waals surface area (Å²) >= 11 is 0. The first-order chi connectivity index (χ1) is 12.0. The molecule has 0 bridgehead atoms. The molecule has 2 aromatic rings. The number of anilines is 1. The van der Waals surface area contributed by atoms with Crippen LogP contribution in [-0.4, -0.2) is 30.9 Å². The van der Waals surface area contributed by atoms with Crippen molar-refractivity contribution in [2.45, 2.75) is 13.8 Å². The molecule has 1 N–H and O–H groups in total. The van der Waals surface area contributed by atoms with Crippen molar-refractivity contribution in [3.05, 3.63) is 59.7 Å². The number of ketones is 1. The van der Waals surface area contributed by atoms with Gasteiger partial charge >= 0.3 is 5.97 Å². The predicted octanol–water partition coefficient (Wildman–Crippen LogP) is 3.08. The first kappa shape index (κ1) is 18.2. The van der Waals surface area contributed by atoms with Crippen LogP contribution >= 0.6 is 0 Å². The number of hydrogen-bond acceptors (Lipinski definition) is 5. The summed E-state index contributed by atoms with van der Waals surface area (Å²) in [6.07, 6.45) is 0. The second kappa shape index (κ2) is 8.63. The molecule has 0 aliphatic carbocycles. The Kier molecular flexibility index (Phi) is 6.28. The van der Waals surface area contributed by atoms with Crippen LogP contribution < -0.4 is 10.1 Å². The lowest BCUT2D eigenvalue weighted by atomic mass is 10.1. The van der Waals surface area contributed by atoms with E-state index in [0.29, 0.717) is 29.2 Å². The SMILES string of the molecule is CCOC(=O)c1ccc(OCC(=O)Nc2cccc(C(C)=O)c2)cc1. The molecule has 0 radical (unpaired) electrons. The topological polar surface area (TPSA) is 81.7 Å². The Labute approximate surface area is 145 Å². The summed E-state index contributed by atoms with van der Waals surface area (Å²) in [6.45, 7) is 3.31. The van der Waals surface area contributed by atoms with Crippen LogP contribution in [-0.2, 0) is 9.53 Å². The normalized spacial score (nSPS) is 10.0. The molecule has 6 heteroatoms. The fraction of sp³-hybridized carbons (Fsp3) is 0.211. The summed E-state index contributed by atoms with van der Waals surface area (Å²) in [5, 5.41) is 2.66. The van der Waals surface area contributed by atoms with Crippen molar-refractivity contribution in [1.29, 1.82) is 0 Å². The van der Waals surface area contributed by atoms with E-state index in [2.05, 4.69) is 5.32 Å². The number of carbonyl (C=O) groups excluding carboxylic acids is 3. The summed E-state index contributed by atoms with van der Waals surface area (Å²) in [6, 6.07) is 13.0. The number of amides is 1. The van der Waals surface area contributed by atoms with Gasteiger partial charge in [-0.3, -0.25) is 9.59 Å². The Balaban J connectivity index is 1.88. The van der Waals surface area contributed by atoms with Gasteiger partial charge in [0, 0.05) is 11.3 Å². The van der Waals surface area contributed by atoms with Crippen LogP contribution in [0, 0.1) is 0 Å². The van der Waals surface area contributed by atoms with Gasteiger partial charge in [-0.1, -0.05) is 12.1 Å². The van der Waals surface area contributed by atoms with Crippen molar-refractivity contribution >= 4 is 23.3 Å². The summed E-state index contributed by atoms with van der Waals surface area (Å²) in [5.41, 5.74) is 1.46. The van der Waals surface area contributed by atoms with Crippen molar-refractivity contribution in [3.8, 4) is 5.75 Å². The average molecular weight is 341 g/mol. The third kappa shape index (κ3) is 5.46. The molecule has 0 saturated carbocycles. The highest BCUT2D eigenvalue weighted by molar-refractivity contribution is 5.97. The highest BCUT2D eigenvalue weighted by Crippen LogP contribution is 2.14. The Bertz CT molecular complexity index is 768. The van der Waals surface area contributed by atoms with Crippen LogP contribution in [0.25, 0.3) is 0 Å². The zero-order chi connectivity index (χ0) is 18.2. The minimum atomic E-state index is -0.405. The first-order valence-corrected chi connectivity index (χ1v) is 7.80. The molecule has 1 amide bonds. The molecule has 2 aromatic carbocycles. The Hall–Kier alpha value is -3.15. The van der Waals surface area contributed by atoms with Crippen molar-refractivity contribution in [2.24, 2.45) is 0 Å². The number of hydrogen-bond donors (Lipinski definition) is 1. The Morgan fingerprint density at radius 3 is 2.36 bits per heavy atom. The minimum absolute atomic E-state index is 0.0750. The molecule has 0 fully saturated rings. The summed E-state index contributed by atoms with van der Waals surface area (Å²) in [5.74, 6) is -0.373. The standard InChI is InChI=1S/C19H19NO5/c1-3-24-19(23)14-7-9-17(10-8-14)25-12-18(22)20-16-6-4-5-15(11-16)13(2)21/h4-11H,3,12H2,1-2H3,(H,20,22). The van der Waals surface area contributed by atoms with E-state index < -0.39 is 5.97 Å². The van der Waals surface area contributed by atoms with E-state index in [0.717, 1.165) is 0 Å². The molecule has 0 aliphatic heterocycles. The smallest absolute Gasteiger partial charge is 0.338 e. The maximum Gasteiger partial charge on any atom is 0.338 e. The Morgan fingerprint density at radius 2 is 1.72 bits per heavy atom. The van der Waals surface area contributed by atoms with Gasteiger partial charge in [-0.15, -0.1) is 0 Å². The van der Waals surface area contributed by atoms with Crippen LogP contribution in [0.3, 0.4) is 0 Å². The maximum atomic E-state index is 11.9. The van der Waals surface area contributed by atoms with E-state index in [-0.39, 0.29) is 18.3 Å². The van der Waals surface area contributed by atoms with Gasteiger partial charge in [0.2, 0.25) is 0 Å². The van der Waals surface area contributed by atoms with Crippen LogP contribution in [0.4, 0.5) is 5.69 Å². The highest BCUT2D eigenvalue weighted by Gasteiger charge is 2.08. The van der Waals surface area contributed by atoms with Gasteiger partial charge in [0.1, 0.15) is 5.75 Å². The number of benzene rings is 2. The number of ether oxygens (including phenoxy) is 2. The van der Waals surface area contributed by atoms with Crippen LogP contribution in [0.2, 0.25) is 0 Å². The molecular formula is C19H19NO5. The van der Waals surface area contributed by atoms with Gasteiger partial charge in [0.05, 0.1) is 12.2 Å². The summed E-state index contributed by atoms with van der Waals surface area (Å²) in [7, 11) is 0. The largest absolute Gasteiger partial charge is 0.484 e. The number of rotatable bonds is 7. The van der Waals surface area contributed by atoms with Gasteiger partial charge in [0.25, 0.3) is 5.91 Å². The molecule has 0 spiro atoms. The van der Waals surface area contributed by atoms with E-state index >= 15 is 0 Å². The Morgan fingerprint density at radius 1 is 1.00 bits per heavy atom. The monoisotopic (exact) mass is 341 g/mol. The van der Waals surface area contributed by atoms with E-state index in [1.54, 1.807) is 55.5 Å². The molecule has 130 valence electrons. The van der Waals surface area contributed by atoms with Crippen LogP contribution in [0.15, 0.2) is 48.5 Å². The zero-order valence-corrected chi connectivity index (χ0v) is 14.1. The number of nitrogens with one attached hydrogen (secondary N) is 1. The second-order valence-electron chi connectivity index (χ2n) is 5.22. The molecule has 6 nitrogen and oxygen atoms in total. The molecule has 0 heterocycles. The fourth-order valence-electron chi connectivity index (χ4n) is 2.06. The first-order valence-electron chi connectivity index (χ1n) is 7.80. The summed E-state index contributed by atoms with van der Waals surface area (Å²) in [4.78, 5) is 34.8. The van der Waals surface area contributed by atoms with Crippen molar-refractivity contribution in [2.75, 3.05) is 18.5 Å². The number of Topliss-reactive ketones (excluding diaryl/α,β-unsaturated/α-hetero) is 1. The van der Waals surface area contributed by atoms with Crippen LogP contribution in [0.1, 0.15) is 34.6 Å². The lowest BCUT2D eigenvalue weighted by Crippen LogP contribution is -2.20. The van der Waals surface area contributed by atoms with Gasteiger partial charge < -0.3 is 14.8 Å². The van der Waals surface area contributed by atoms with E-state index in [9.17, 15) is 14.4 Å². The molecule has 0 atom stereocenters. The third-order valence-electron chi connectivity index (χ3n) is 3.29. The van der Waals surface area contributed by atoms with Gasteiger partial charge in [-0.05, 0) is 50.2 Å². The van der Waals surface area contributed by atoms with E-state index in [4.69, 9.17) is 9.47 Å². The molecule has 0 aliphatic rings. The molecule has 0 aromatic heterocycles. The zero-order valence-electron chi connectivity index (χ0n) is 14.1. The second-order valence-corrected chi connectivity index (χ2v) is 5.22. The fourth-order valence-corrected chi connectivity index (χ4v) is 2.06. The summed E-state index contributed by atoms with van der Waals surface area (Å²) < 4.78 is 10.3. The maximum absolute atomic E-state index is 11.9. The number of esters is 1. The highest BCUT2D eigenvalue weighted by atomic mass is 16.5. The van der Waals surface area contributed by atoms with Crippen molar-refractivity contribution < 1.29 is 23.9 Å². The van der Waals surface area contributed by atoms with Gasteiger partial charge in [0.15, 0.2) is 12.4 Å². The number of carbonyl (C=O) groups is 3. The molecular weight excluding hydrogens is 322 g/mol. The molecule has 2 rings (SSSR count).